The Morgan fingerprint density at radius 1 is 1.11 bits per heavy atom. The van der Waals surface area contributed by atoms with E-state index in [1.807, 2.05) is 11.5 Å². The van der Waals surface area contributed by atoms with Crippen LogP contribution in [0, 0.1) is 0 Å². The van der Waals surface area contributed by atoms with Crippen LogP contribution in [0.15, 0.2) is 65.4 Å². The van der Waals surface area contributed by atoms with Crippen LogP contribution in [0.4, 0.5) is 11.5 Å². The summed E-state index contributed by atoms with van der Waals surface area (Å²) in [7, 11) is 1.55. The summed E-state index contributed by atoms with van der Waals surface area (Å²) < 4.78 is 17.8. The van der Waals surface area contributed by atoms with E-state index in [4.69, 9.17) is 19.8 Å². The highest BCUT2D eigenvalue weighted by Gasteiger charge is 2.19. The minimum Gasteiger partial charge on any atom is -0.497 e. The molecule has 2 aromatic carbocycles. The van der Waals surface area contributed by atoms with Crippen molar-refractivity contribution in [2.24, 2.45) is 0 Å². The standard InChI is InChI=1S/C24H21N7O4/c1-3-31-19-12-20(26-13-18(19)28-23(31)21-22(25)30-35-29-21)34-17-9-5-7-15(11-17)27-24(32)14-6-4-8-16(10-14)33-2/h4-13H,3H2,1-2H3,(H2,25,30)(H,27,32). The summed E-state index contributed by atoms with van der Waals surface area (Å²) in [5.41, 5.74) is 8.71. The van der Waals surface area contributed by atoms with Crippen LogP contribution >= 0.6 is 0 Å². The molecule has 11 nitrogen and oxygen atoms in total. The molecule has 0 bridgehead atoms. The van der Waals surface area contributed by atoms with Gasteiger partial charge in [0.05, 0.1) is 18.8 Å². The SMILES string of the molecule is CCn1c(-c2nonc2N)nc2cnc(Oc3cccc(NC(=O)c4cccc(OC)c4)c3)cc21. The molecule has 176 valence electrons. The van der Waals surface area contributed by atoms with Crippen LogP contribution in [0.3, 0.4) is 0 Å². The zero-order chi connectivity index (χ0) is 24.4. The summed E-state index contributed by atoms with van der Waals surface area (Å²) in [5.74, 6) is 1.90. The lowest BCUT2D eigenvalue weighted by Crippen LogP contribution is -2.11. The number of aromatic nitrogens is 5. The van der Waals surface area contributed by atoms with Crippen molar-refractivity contribution in [2.45, 2.75) is 13.5 Å². The minimum absolute atomic E-state index is 0.159. The fraction of sp³-hybridized carbons (Fsp3) is 0.125. The fourth-order valence-corrected chi connectivity index (χ4v) is 3.64. The Morgan fingerprint density at radius 2 is 1.94 bits per heavy atom. The van der Waals surface area contributed by atoms with E-state index in [2.05, 4.69) is 25.6 Å². The highest BCUT2D eigenvalue weighted by Crippen LogP contribution is 2.30. The van der Waals surface area contributed by atoms with Crippen LogP contribution in [0.1, 0.15) is 17.3 Å². The Morgan fingerprint density at radius 3 is 2.71 bits per heavy atom. The van der Waals surface area contributed by atoms with E-state index < -0.39 is 0 Å². The van der Waals surface area contributed by atoms with Crippen LogP contribution in [0.5, 0.6) is 17.4 Å². The van der Waals surface area contributed by atoms with Gasteiger partial charge < -0.3 is 25.1 Å². The predicted octanol–water partition coefficient (Wildman–Crippen LogP) is 4.14. The second kappa shape index (κ2) is 9.14. The maximum absolute atomic E-state index is 12.6. The monoisotopic (exact) mass is 471 g/mol. The highest BCUT2D eigenvalue weighted by atomic mass is 16.6. The largest absolute Gasteiger partial charge is 0.497 e. The number of rotatable bonds is 7. The number of pyridine rings is 1. The van der Waals surface area contributed by atoms with Crippen molar-refractivity contribution >= 4 is 28.4 Å². The van der Waals surface area contributed by atoms with Crippen LogP contribution in [0.2, 0.25) is 0 Å². The molecule has 0 radical (unpaired) electrons. The zero-order valence-electron chi connectivity index (χ0n) is 18.9. The second-order valence-corrected chi connectivity index (χ2v) is 7.50. The highest BCUT2D eigenvalue weighted by molar-refractivity contribution is 6.04. The molecule has 11 heteroatoms. The van der Waals surface area contributed by atoms with Gasteiger partial charge in [-0.1, -0.05) is 12.1 Å². The number of nitrogens with zero attached hydrogens (tertiary/aromatic N) is 5. The number of imidazole rings is 1. The number of carbonyl (C=O) groups excluding carboxylic acids is 1. The quantitative estimate of drug-likeness (QED) is 0.358. The lowest BCUT2D eigenvalue weighted by molar-refractivity contribution is 0.102. The molecule has 0 aliphatic rings. The molecule has 5 aromatic rings. The van der Waals surface area contributed by atoms with Gasteiger partial charge in [0, 0.05) is 29.9 Å². The summed E-state index contributed by atoms with van der Waals surface area (Å²) in [6, 6.07) is 15.7. The lowest BCUT2D eigenvalue weighted by atomic mass is 10.2. The van der Waals surface area contributed by atoms with Crippen molar-refractivity contribution in [3.05, 3.63) is 66.4 Å². The fourth-order valence-electron chi connectivity index (χ4n) is 3.64. The molecular formula is C24H21N7O4. The first kappa shape index (κ1) is 21.9. The van der Waals surface area contributed by atoms with E-state index in [9.17, 15) is 4.79 Å². The van der Waals surface area contributed by atoms with Crippen LogP contribution in [-0.4, -0.2) is 37.9 Å². The number of nitrogens with one attached hydrogen (secondary N) is 1. The Balaban J connectivity index is 1.39. The average molecular weight is 471 g/mol. The first-order valence-electron chi connectivity index (χ1n) is 10.7. The van der Waals surface area contributed by atoms with E-state index in [0.717, 1.165) is 5.52 Å². The Bertz CT molecular complexity index is 1530. The molecule has 3 aromatic heterocycles. The summed E-state index contributed by atoms with van der Waals surface area (Å²) in [6.07, 6.45) is 1.61. The molecule has 3 heterocycles. The van der Waals surface area contributed by atoms with Crippen molar-refractivity contribution in [2.75, 3.05) is 18.2 Å². The van der Waals surface area contributed by atoms with E-state index in [1.165, 1.54) is 0 Å². The Labute approximate surface area is 199 Å². The minimum atomic E-state index is -0.262. The summed E-state index contributed by atoms with van der Waals surface area (Å²) >= 11 is 0. The molecule has 0 fully saturated rings. The summed E-state index contributed by atoms with van der Waals surface area (Å²) in [5, 5.41) is 10.4. The number of ether oxygens (including phenoxy) is 2. The Kier molecular flexibility index (Phi) is 5.71. The number of benzene rings is 2. The second-order valence-electron chi connectivity index (χ2n) is 7.50. The van der Waals surface area contributed by atoms with Gasteiger partial charge in [0.15, 0.2) is 17.3 Å². The van der Waals surface area contributed by atoms with Crippen LogP contribution in [-0.2, 0) is 6.54 Å². The maximum atomic E-state index is 12.6. The smallest absolute Gasteiger partial charge is 0.255 e. The molecule has 0 atom stereocenters. The lowest BCUT2D eigenvalue weighted by Gasteiger charge is -2.10. The number of hydrogen-bond donors (Lipinski definition) is 2. The van der Waals surface area contributed by atoms with Crippen molar-refractivity contribution < 1.29 is 18.9 Å². The van der Waals surface area contributed by atoms with Gasteiger partial charge in [-0.05, 0) is 47.6 Å². The molecule has 0 saturated heterocycles. The molecule has 0 unspecified atom stereocenters. The number of nitrogen functional groups attached to an aromatic ring is 1. The molecular weight excluding hydrogens is 450 g/mol. The number of amides is 1. The summed E-state index contributed by atoms with van der Waals surface area (Å²) in [4.78, 5) is 21.6. The molecule has 0 aliphatic carbocycles. The third-order valence-electron chi connectivity index (χ3n) is 5.30. The molecule has 5 rings (SSSR count). The van der Waals surface area contributed by atoms with E-state index in [1.54, 1.807) is 67.9 Å². The first-order chi connectivity index (χ1) is 17.1. The van der Waals surface area contributed by atoms with Gasteiger partial charge >= 0.3 is 0 Å². The molecule has 35 heavy (non-hydrogen) atoms. The summed E-state index contributed by atoms with van der Waals surface area (Å²) in [6.45, 7) is 2.58. The zero-order valence-corrected chi connectivity index (χ0v) is 18.9. The van der Waals surface area contributed by atoms with Crippen molar-refractivity contribution in [3.63, 3.8) is 0 Å². The number of nitrogens with two attached hydrogens (primary N) is 1. The van der Waals surface area contributed by atoms with Gasteiger partial charge in [0.1, 0.15) is 17.0 Å². The predicted molar refractivity (Wildman–Crippen MR) is 128 cm³/mol. The molecule has 0 spiro atoms. The van der Waals surface area contributed by atoms with Crippen LogP contribution in [0.25, 0.3) is 22.6 Å². The number of hydrogen-bond acceptors (Lipinski definition) is 9. The van der Waals surface area contributed by atoms with Gasteiger partial charge in [-0.3, -0.25) is 4.79 Å². The van der Waals surface area contributed by atoms with E-state index in [0.29, 0.717) is 52.2 Å². The molecule has 3 N–H and O–H groups in total. The number of carbonyl (C=O) groups is 1. The normalized spacial score (nSPS) is 10.9. The van der Waals surface area contributed by atoms with Gasteiger partial charge in [-0.25, -0.2) is 14.6 Å². The maximum Gasteiger partial charge on any atom is 0.255 e. The average Bonchev–Trinajstić information content (AvgIpc) is 3.46. The topological polar surface area (TPSA) is 143 Å². The van der Waals surface area contributed by atoms with Gasteiger partial charge in [0.2, 0.25) is 5.88 Å². The van der Waals surface area contributed by atoms with E-state index >= 15 is 0 Å². The molecule has 0 aliphatic heterocycles. The van der Waals surface area contributed by atoms with Crippen LogP contribution < -0.4 is 20.5 Å². The molecule has 0 saturated carbocycles. The first-order valence-corrected chi connectivity index (χ1v) is 10.7. The van der Waals surface area contributed by atoms with Crippen molar-refractivity contribution in [3.8, 4) is 28.9 Å². The van der Waals surface area contributed by atoms with Crippen molar-refractivity contribution in [1.29, 1.82) is 0 Å². The Hall–Kier alpha value is -4.93. The number of anilines is 2. The van der Waals surface area contributed by atoms with Gasteiger partial charge in [-0.15, -0.1) is 0 Å². The van der Waals surface area contributed by atoms with E-state index in [-0.39, 0.29) is 11.7 Å². The van der Waals surface area contributed by atoms with Gasteiger partial charge in [-0.2, -0.15) is 0 Å². The molecule has 1 amide bonds. The van der Waals surface area contributed by atoms with Crippen molar-refractivity contribution in [1.82, 2.24) is 24.8 Å². The number of methoxy groups -OCH3 is 1. The number of fused-ring (bicyclic) bond motifs is 1. The third-order valence-corrected chi connectivity index (χ3v) is 5.30. The van der Waals surface area contributed by atoms with Gasteiger partial charge in [0.25, 0.3) is 5.91 Å². The third kappa shape index (κ3) is 4.34. The number of aryl methyl sites for hydroxylation is 1.